The first-order valence-electron chi connectivity index (χ1n) is 7.78. The van der Waals surface area contributed by atoms with Crippen LogP contribution in [0.1, 0.15) is 26.3 Å². The predicted octanol–water partition coefficient (Wildman–Crippen LogP) is 2.54. The minimum Gasteiger partial charge on any atom is -0.487 e. The Morgan fingerprint density at radius 2 is 2.30 bits per heavy atom. The van der Waals surface area contributed by atoms with Gasteiger partial charge in [-0.25, -0.2) is 4.79 Å². The van der Waals surface area contributed by atoms with E-state index in [-0.39, 0.29) is 18.2 Å². The first kappa shape index (κ1) is 15.3. The highest BCUT2D eigenvalue weighted by Gasteiger charge is 2.27. The molecule has 0 radical (unpaired) electrons. The molecule has 1 aliphatic rings. The van der Waals surface area contributed by atoms with E-state index in [1.165, 1.54) is 0 Å². The average molecular weight is 315 g/mol. The number of carbonyl (C=O) groups excluding carboxylic acids is 1. The van der Waals surface area contributed by atoms with Gasteiger partial charge in [0.25, 0.3) is 0 Å². The first-order valence-corrected chi connectivity index (χ1v) is 7.78. The van der Waals surface area contributed by atoms with Crippen LogP contribution in [0, 0.1) is 0 Å². The highest BCUT2D eigenvalue weighted by Crippen LogP contribution is 2.18. The van der Waals surface area contributed by atoms with Gasteiger partial charge < -0.3 is 15.0 Å². The van der Waals surface area contributed by atoms with Crippen molar-refractivity contribution in [1.29, 1.82) is 0 Å². The molecular formula is C16H21N5O2. The number of aromatic nitrogens is 3. The number of likely N-dealkylation sites (tertiary alicyclic amines) is 1. The zero-order valence-corrected chi connectivity index (χ0v) is 13.3. The van der Waals surface area contributed by atoms with Gasteiger partial charge in [-0.05, 0) is 26.0 Å². The molecule has 1 unspecified atom stereocenters. The standard InChI is InChI=1S/C16H21N5O2/c1-12(2)21-10-13(8-18-21)19-16(22)20-7-5-15(11-20)23-14-4-3-6-17-9-14/h3-4,6,8-10,12,15H,5,7,11H2,1-2H3,(H,19,22). The molecular weight excluding hydrogens is 294 g/mol. The molecule has 2 aromatic heterocycles. The summed E-state index contributed by atoms with van der Waals surface area (Å²) in [5, 5.41) is 7.10. The monoisotopic (exact) mass is 315 g/mol. The average Bonchev–Trinajstić information content (AvgIpc) is 3.18. The number of carbonyl (C=O) groups is 1. The Labute approximate surface area is 135 Å². The number of hydrogen-bond donors (Lipinski definition) is 1. The SMILES string of the molecule is CC(C)n1cc(NC(=O)N2CCC(Oc3cccnc3)C2)cn1. The zero-order valence-electron chi connectivity index (χ0n) is 13.3. The number of amides is 2. The van der Waals surface area contributed by atoms with Crippen LogP contribution in [-0.4, -0.2) is 44.9 Å². The Balaban J connectivity index is 1.52. The summed E-state index contributed by atoms with van der Waals surface area (Å²) in [5.74, 6) is 0.734. The summed E-state index contributed by atoms with van der Waals surface area (Å²) >= 11 is 0. The maximum absolute atomic E-state index is 12.3. The number of pyridine rings is 1. The van der Waals surface area contributed by atoms with Crippen LogP contribution in [0.25, 0.3) is 0 Å². The van der Waals surface area contributed by atoms with Gasteiger partial charge in [0, 0.05) is 31.4 Å². The van der Waals surface area contributed by atoms with Crippen molar-refractivity contribution in [3.8, 4) is 5.75 Å². The molecule has 1 atom stereocenters. The largest absolute Gasteiger partial charge is 0.487 e. The van der Waals surface area contributed by atoms with Crippen LogP contribution in [0.3, 0.4) is 0 Å². The van der Waals surface area contributed by atoms with Gasteiger partial charge >= 0.3 is 6.03 Å². The summed E-state index contributed by atoms with van der Waals surface area (Å²) in [7, 11) is 0. The lowest BCUT2D eigenvalue weighted by Gasteiger charge is -2.17. The summed E-state index contributed by atoms with van der Waals surface area (Å²) in [4.78, 5) is 18.1. The minimum atomic E-state index is -0.120. The van der Waals surface area contributed by atoms with Gasteiger partial charge in [0.15, 0.2) is 0 Å². The quantitative estimate of drug-likeness (QED) is 0.941. The summed E-state index contributed by atoms with van der Waals surface area (Å²) in [6.07, 6.45) is 7.71. The molecule has 0 spiro atoms. The van der Waals surface area contributed by atoms with Crippen molar-refractivity contribution in [2.24, 2.45) is 0 Å². The van der Waals surface area contributed by atoms with Gasteiger partial charge in [-0.2, -0.15) is 5.10 Å². The third kappa shape index (κ3) is 3.80. The van der Waals surface area contributed by atoms with Crippen LogP contribution < -0.4 is 10.1 Å². The molecule has 1 aliphatic heterocycles. The fourth-order valence-electron chi connectivity index (χ4n) is 2.51. The van der Waals surface area contributed by atoms with Gasteiger partial charge in [-0.15, -0.1) is 0 Å². The third-order valence-corrected chi connectivity index (χ3v) is 3.75. The van der Waals surface area contributed by atoms with E-state index in [9.17, 15) is 4.79 Å². The number of anilines is 1. The van der Waals surface area contributed by atoms with E-state index < -0.39 is 0 Å². The lowest BCUT2D eigenvalue weighted by molar-refractivity contribution is 0.194. The molecule has 3 heterocycles. The number of nitrogens with one attached hydrogen (secondary N) is 1. The topological polar surface area (TPSA) is 72.3 Å². The molecule has 23 heavy (non-hydrogen) atoms. The number of nitrogens with zero attached hydrogens (tertiary/aromatic N) is 4. The van der Waals surface area contributed by atoms with Gasteiger partial charge in [0.1, 0.15) is 11.9 Å². The molecule has 0 aromatic carbocycles. The molecule has 7 nitrogen and oxygen atoms in total. The molecule has 7 heteroatoms. The van der Waals surface area contributed by atoms with Gasteiger partial charge in [-0.3, -0.25) is 9.67 Å². The van der Waals surface area contributed by atoms with E-state index in [1.54, 1.807) is 23.5 Å². The molecule has 2 amide bonds. The molecule has 1 N–H and O–H groups in total. The lowest BCUT2D eigenvalue weighted by Crippen LogP contribution is -2.34. The van der Waals surface area contributed by atoms with Crippen LogP contribution in [0.15, 0.2) is 36.9 Å². The maximum atomic E-state index is 12.3. The molecule has 1 fully saturated rings. The van der Waals surface area contributed by atoms with Crippen LogP contribution in [-0.2, 0) is 0 Å². The van der Waals surface area contributed by atoms with Crippen molar-refractivity contribution >= 4 is 11.7 Å². The number of urea groups is 1. The van der Waals surface area contributed by atoms with Gasteiger partial charge in [-0.1, -0.05) is 0 Å². The lowest BCUT2D eigenvalue weighted by atomic mass is 10.3. The van der Waals surface area contributed by atoms with E-state index in [2.05, 4.69) is 15.4 Å². The normalized spacial score (nSPS) is 17.5. The summed E-state index contributed by atoms with van der Waals surface area (Å²) in [5.41, 5.74) is 0.709. The maximum Gasteiger partial charge on any atom is 0.322 e. The third-order valence-electron chi connectivity index (χ3n) is 3.75. The number of hydrogen-bond acceptors (Lipinski definition) is 4. The summed E-state index contributed by atoms with van der Waals surface area (Å²) < 4.78 is 7.65. The Kier molecular flexibility index (Phi) is 4.45. The van der Waals surface area contributed by atoms with Crippen LogP contribution in [0.4, 0.5) is 10.5 Å². The van der Waals surface area contributed by atoms with E-state index in [1.807, 2.05) is 36.9 Å². The Hall–Kier alpha value is -2.57. The van der Waals surface area contributed by atoms with Crippen molar-refractivity contribution < 1.29 is 9.53 Å². The Bertz CT molecular complexity index is 656. The smallest absolute Gasteiger partial charge is 0.322 e. The Morgan fingerprint density at radius 3 is 3.00 bits per heavy atom. The van der Waals surface area contributed by atoms with Gasteiger partial charge in [0.05, 0.1) is 24.6 Å². The minimum absolute atomic E-state index is 0.00309. The van der Waals surface area contributed by atoms with Crippen LogP contribution in [0.2, 0.25) is 0 Å². The second-order valence-electron chi connectivity index (χ2n) is 5.90. The predicted molar refractivity (Wildman–Crippen MR) is 86.5 cm³/mol. The number of ether oxygens (including phenoxy) is 1. The number of rotatable bonds is 4. The molecule has 0 aliphatic carbocycles. The Morgan fingerprint density at radius 1 is 1.43 bits per heavy atom. The van der Waals surface area contributed by atoms with E-state index in [0.717, 1.165) is 12.2 Å². The summed E-state index contributed by atoms with van der Waals surface area (Å²) in [6.45, 7) is 5.33. The highest BCUT2D eigenvalue weighted by atomic mass is 16.5. The molecule has 0 bridgehead atoms. The van der Waals surface area contributed by atoms with Crippen molar-refractivity contribution in [3.63, 3.8) is 0 Å². The molecule has 3 rings (SSSR count). The van der Waals surface area contributed by atoms with Gasteiger partial charge in [0.2, 0.25) is 0 Å². The fraction of sp³-hybridized carbons (Fsp3) is 0.438. The van der Waals surface area contributed by atoms with E-state index in [4.69, 9.17) is 4.74 Å². The highest BCUT2D eigenvalue weighted by molar-refractivity contribution is 5.89. The van der Waals surface area contributed by atoms with Crippen LogP contribution >= 0.6 is 0 Å². The summed E-state index contributed by atoms with van der Waals surface area (Å²) in [6, 6.07) is 3.85. The van der Waals surface area contributed by atoms with E-state index >= 15 is 0 Å². The van der Waals surface area contributed by atoms with Crippen LogP contribution in [0.5, 0.6) is 5.75 Å². The first-order chi connectivity index (χ1) is 11.1. The molecule has 122 valence electrons. The van der Waals surface area contributed by atoms with Crippen molar-refractivity contribution in [2.45, 2.75) is 32.4 Å². The molecule has 1 saturated heterocycles. The van der Waals surface area contributed by atoms with Crippen molar-refractivity contribution in [3.05, 3.63) is 36.9 Å². The zero-order chi connectivity index (χ0) is 16.2. The second kappa shape index (κ2) is 6.68. The second-order valence-corrected chi connectivity index (χ2v) is 5.90. The van der Waals surface area contributed by atoms with E-state index in [0.29, 0.717) is 18.8 Å². The molecule has 0 saturated carbocycles. The molecule has 2 aromatic rings. The van der Waals surface area contributed by atoms with Crippen molar-refractivity contribution in [1.82, 2.24) is 19.7 Å². The fourth-order valence-corrected chi connectivity index (χ4v) is 2.51. The van der Waals surface area contributed by atoms with Crippen molar-refractivity contribution in [2.75, 3.05) is 18.4 Å².